The summed E-state index contributed by atoms with van der Waals surface area (Å²) < 4.78 is 38.8. The van der Waals surface area contributed by atoms with Crippen LogP contribution in [-0.4, -0.2) is 40.9 Å². The number of aryl methyl sites for hydroxylation is 2. The third kappa shape index (κ3) is 6.21. The van der Waals surface area contributed by atoms with Gasteiger partial charge in [0.05, 0.1) is 5.56 Å². The van der Waals surface area contributed by atoms with Crippen molar-refractivity contribution in [2.45, 2.75) is 52.8 Å². The zero-order valence-corrected chi connectivity index (χ0v) is 19.1. The molecule has 1 fully saturated rings. The van der Waals surface area contributed by atoms with Gasteiger partial charge < -0.3 is 15.5 Å². The molecule has 0 spiro atoms. The minimum atomic E-state index is -4.44. The van der Waals surface area contributed by atoms with Gasteiger partial charge in [-0.1, -0.05) is 13.8 Å². The van der Waals surface area contributed by atoms with E-state index in [-0.39, 0.29) is 23.8 Å². The molecule has 2 amide bonds. The fourth-order valence-electron chi connectivity index (χ4n) is 3.74. The van der Waals surface area contributed by atoms with Crippen LogP contribution in [-0.2, 0) is 11.0 Å². The number of amides is 2. The van der Waals surface area contributed by atoms with E-state index in [2.05, 4.69) is 20.6 Å². The van der Waals surface area contributed by atoms with Crippen molar-refractivity contribution in [2.75, 3.05) is 23.3 Å². The summed E-state index contributed by atoms with van der Waals surface area (Å²) in [4.78, 5) is 35.1. The number of carbonyl (C=O) groups is 2. The SMILES string of the molecule is Cc1cc(C(=O)NC2CCCN(c3ncc(C(F)(F)F)cc3C)C2)cc(NC(=O)C(C)C)n1. The van der Waals surface area contributed by atoms with Crippen LogP contribution in [0.1, 0.15) is 53.9 Å². The quantitative estimate of drug-likeness (QED) is 0.697. The zero-order valence-electron chi connectivity index (χ0n) is 19.1. The molecule has 10 heteroatoms. The summed E-state index contributed by atoms with van der Waals surface area (Å²) in [5.74, 6) is 0.0838. The van der Waals surface area contributed by atoms with E-state index in [1.165, 1.54) is 6.07 Å². The van der Waals surface area contributed by atoms with Crippen LogP contribution in [0.25, 0.3) is 0 Å². The number of aromatic nitrogens is 2. The van der Waals surface area contributed by atoms with E-state index in [4.69, 9.17) is 0 Å². The predicted molar refractivity (Wildman–Crippen MR) is 119 cm³/mol. The Kier molecular flexibility index (Phi) is 7.24. The van der Waals surface area contributed by atoms with Crippen LogP contribution in [0.5, 0.6) is 0 Å². The molecule has 2 N–H and O–H groups in total. The Bertz CT molecular complexity index is 1040. The lowest BCUT2D eigenvalue weighted by Gasteiger charge is -2.35. The zero-order chi connectivity index (χ0) is 24.3. The van der Waals surface area contributed by atoms with Crippen LogP contribution < -0.4 is 15.5 Å². The average molecular weight is 464 g/mol. The highest BCUT2D eigenvalue weighted by Crippen LogP contribution is 2.31. The average Bonchev–Trinajstić information content (AvgIpc) is 2.72. The monoisotopic (exact) mass is 463 g/mol. The second kappa shape index (κ2) is 9.76. The van der Waals surface area contributed by atoms with Gasteiger partial charge in [-0.15, -0.1) is 0 Å². The second-order valence-corrected chi connectivity index (χ2v) is 8.65. The molecular weight excluding hydrogens is 435 g/mol. The maximum Gasteiger partial charge on any atom is 0.417 e. The lowest BCUT2D eigenvalue weighted by atomic mass is 10.0. The summed E-state index contributed by atoms with van der Waals surface area (Å²) >= 11 is 0. The number of nitrogens with zero attached hydrogens (tertiary/aromatic N) is 3. The molecule has 178 valence electrons. The largest absolute Gasteiger partial charge is 0.417 e. The summed E-state index contributed by atoms with van der Waals surface area (Å²) in [5.41, 5.74) is 0.630. The lowest BCUT2D eigenvalue weighted by Crippen LogP contribution is -2.48. The Labute approximate surface area is 190 Å². The summed E-state index contributed by atoms with van der Waals surface area (Å²) in [5, 5.41) is 5.70. The number of hydrogen-bond donors (Lipinski definition) is 2. The van der Waals surface area contributed by atoms with Crippen LogP contribution in [0.15, 0.2) is 24.4 Å². The first-order valence-electron chi connectivity index (χ1n) is 10.8. The standard InChI is InChI=1S/C23H28F3N5O2/c1-13(2)21(32)30-19-10-16(9-15(4)28-19)22(33)29-18-6-5-7-31(12-18)20-14(3)8-17(11-27-20)23(24,25)26/h8-11,13,18H,5-7,12H2,1-4H3,(H,29,33)(H,28,30,32). The van der Waals surface area contributed by atoms with Crippen molar-refractivity contribution in [3.05, 3.63) is 46.8 Å². The number of piperidine rings is 1. The number of nitrogens with one attached hydrogen (secondary N) is 2. The van der Waals surface area contributed by atoms with Crippen molar-refractivity contribution in [1.29, 1.82) is 0 Å². The number of hydrogen-bond acceptors (Lipinski definition) is 5. The molecule has 1 aliphatic rings. The Morgan fingerprint density at radius 3 is 2.55 bits per heavy atom. The van der Waals surface area contributed by atoms with E-state index < -0.39 is 11.7 Å². The van der Waals surface area contributed by atoms with Gasteiger partial charge in [-0.05, 0) is 50.5 Å². The minimum absolute atomic E-state index is 0.193. The van der Waals surface area contributed by atoms with E-state index in [1.54, 1.807) is 33.8 Å². The third-order valence-electron chi connectivity index (χ3n) is 5.43. The van der Waals surface area contributed by atoms with E-state index >= 15 is 0 Å². The first-order valence-corrected chi connectivity index (χ1v) is 10.8. The molecule has 1 atom stereocenters. The highest BCUT2D eigenvalue weighted by atomic mass is 19.4. The Hall–Kier alpha value is -3.17. The highest BCUT2D eigenvalue weighted by Gasteiger charge is 2.32. The molecular formula is C23H28F3N5O2. The van der Waals surface area contributed by atoms with Crippen molar-refractivity contribution in [3.8, 4) is 0 Å². The molecule has 1 aliphatic heterocycles. The number of alkyl halides is 3. The highest BCUT2D eigenvalue weighted by molar-refractivity contribution is 5.97. The van der Waals surface area contributed by atoms with Crippen LogP contribution in [0.4, 0.5) is 24.8 Å². The Balaban J connectivity index is 1.70. The van der Waals surface area contributed by atoms with Gasteiger partial charge >= 0.3 is 6.18 Å². The van der Waals surface area contributed by atoms with E-state index in [1.807, 2.05) is 4.90 Å². The number of carbonyl (C=O) groups excluding carboxylic acids is 2. The molecule has 2 aromatic heterocycles. The fourth-order valence-corrected chi connectivity index (χ4v) is 3.74. The van der Waals surface area contributed by atoms with Crippen molar-refractivity contribution < 1.29 is 22.8 Å². The maximum absolute atomic E-state index is 12.9. The number of anilines is 2. The number of rotatable bonds is 5. The molecule has 1 saturated heterocycles. The lowest BCUT2D eigenvalue weighted by molar-refractivity contribution is -0.137. The molecule has 3 heterocycles. The number of halogens is 3. The van der Waals surface area contributed by atoms with E-state index in [0.29, 0.717) is 41.5 Å². The summed E-state index contributed by atoms with van der Waals surface area (Å²) in [6.07, 6.45) is -2.09. The molecule has 1 unspecified atom stereocenters. The molecule has 2 aromatic rings. The number of pyridine rings is 2. The van der Waals surface area contributed by atoms with Gasteiger partial charge in [0.1, 0.15) is 11.6 Å². The van der Waals surface area contributed by atoms with E-state index in [0.717, 1.165) is 25.1 Å². The second-order valence-electron chi connectivity index (χ2n) is 8.65. The van der Waals surface area contributed by atoms with Gasteiger partial charge in [-0.3, -0.25) is 9.59 Å². The first-order chi connectivity index (χ1) is 15.4. The summed E-state index contributed by atoms with van der Waals surface area (Å²) in [6.45, 7) is 7.95. The molecule has 0 saturated carbocycles. The predicted octanol–water partition coefficient (Wildman–Crippen LogP) is 4.11. The van der Waals surface area contributed by atoms with Crippen LogP contribution in [0.3, 0.4) is 0 Å². The summed E-state index contributed by atoms with van der Waals surface area (Å²) in [6, 6.07) is 4.07. The van der Waals surface area contributed by atoms with Crippen molar-refractivity contribution in [2.24, 2.45) is 5.92 Å². The van der Waals surface area contributed by atoms with Gasteiger partial charge in [0.15, 0.2) is 0 Å². The van der Waals surface area contributed by atoms with Gasteiger partial charge in [-0.2, -0.15) is 13.2 Å². The summed E-state index contributed by atoms with van der Waals surface area (Å²) in [7, 11) is 0. The molecule has 33 heavy (non-hydrogen) atoms. The van der Waals surface area contributed by atoms with Crippen molar-refractivity contribution >= 4 is 23.5 Å². The molecule has 0 bridgehead atoms. The topological polar surface area (TPSA) is 87.2 Å². The van der Waals surface area contributed by atoms with Crippen LogP contribution in [0, 0.1) is 19.8 Å². The smallest absolute Gasteiger partial charge is 0.354 e. The fraction of sp³-hybridized carbons (Fsp3) is 0.478. The Morgan fingerprint density at radius 2 is 1.91 bits per heavy atom. The van der Waals surface area contributed by atoms with Gasteiger partial charge in [0, 0.05) is 42.5 Å². The first kappa shape index (κ1) is 24.5. The third-order valence-corrected chi connectivity index (χ3v) is 5.43. The normalized spacial score (nSPS) is 16.6. The molecule has 0 aromatic carbocycles. The van der Waals surface area contributed by atoms with Gasteiger partial charge in [0.2, 0.25) is 5.91 Å². The minimum Gasteiger partial charge on any atom is -0.354 e. The molecule has 7 nitrogen and oxygen atoms in total. The van der Waals surface area contributed by atoms with E-state index in [9.17, 15) is 22.8 Å². The molecule has 0 radical (unpaired) electrons. The van der Waals surface area contributed by atoms with Crippen LogP contribution >= 0.6 is 0 Å². The Morgan fingerprint density at radius 1 is 1.18 bits per heavy atom. The molecule has 0 aliphatic carbocycles. The van der Waals surface area contributed by atoms with Crippen molar-refractivity contribution in [1.82, 2.24) is 15.3 Å². The van der Waals surface area contributed by atoms with Gasteiger partial charge in [-0.25, -0.2) is 9.97 Å². The van der Waals surface area contributed by atoms with Crippen molar-refractivity contribution in [3.63, 3.8) is 0 Å². The van der Waals surface area contributed by atoms with Crippen LogP contribution in [0.2, 0.25) is 0 Å². The molecule has 3 rings (SSSR count). The van der Waals surface area contributed by atoms with Gasteiger partial charge in [0.25, 0.3) is 5.91 Å². The maximum atomic E-state index is 12.9.